The Morgan fingerprint density at radius 2 is 1.84 bits per heavy atom. The minimum absolute atomic E-state index is 0.0602. The van der Waals surface area contributed by atoms with E-state index in [9.17, 15) is 21.9 Å². The summed E-state index contributed by atoms with van der Waals surface area (Å²) in [6.07, 6.45) is 0. The first kappa shape index (κ1) is 15.1. The molecule has 7 nitrogen and oxygen atoms in total. The number of halogens is 1. The molecule has 0 aliphatic rings. The van der Waals surface area contributed by atoms with Crippen LogP contribution in [0.25, 0.3) is 0 Å². The molecule has 0 aliphatic heterocycles. The third-order valence-corrected chi connectivity index (χ3v) is 3.03. The minimum atomic E-state index is -4.81. The van der Waals surface area contributed by atoms with E-state index in [2.05, 4.69) is 5.32 Å². The number of carbonyl (C=O) groups excluding carboxylic acids is 1. The van der Waals surface area contributed by atoms with Gasteiger partial charge in [-0.1, -0.05) is 0 Å². The molecule has 1 atom stereocenters. The third kappa shape index (κ3) is 4.30. The minimum Gasteiger partial charge on any atom is -0.480 e. The predicted molar refractivity (Wildman–Crippen MR) is 62.7 cm³/mol. The largest absolute Gasteiger partial charge is 0.480 e. The summed E-state index contributed by atoms with van der Waals surface area (Å²) in [6.45, 7) is -0.280. The molecule has 0 fully saturated rings. The Kier molecular flexibility index (Phi) is 4.57. The Hall–Kier alpha value is -2.00. The molecule has 19 heavy (non-hydrogen) atoms. The molecule has 0 bridgehead atoms. The lowest BCUT2D eigenvalue weighted by atomic mass is 10.2. The highest BCUT2D eigenvalue weighted by molar-refractivity contribution is 7.86. The molecule has 0 aliphatic carbocycles. The van der Waals surface area contributed by atoms with Crippen LogP contribution in [0.5, 0.6) is 0 Å². The number of carboxylic acid groups (broad SMARTS) is 1. The maximum atomic E-state index is 12.6. The Morgan fingerprint density at radius 3 is 2.26 bits per heavy atom. The van der Waals surface area contributed by atoms with Gasteiger partial charge in [-0.25, -0.2) is 0 Å². The fourth-order valence-electron chi connectivity index (χ4n) is 1.16. The maximum Gasteiger partial charge on any atom is 0.332 e. The Balaban J connectivity index is 2.71. The molecule has 104 valence electrons. The van der Waals surface area contributed by atoms with Gasteiger partial charge in [-0.3, -0.25) is 9.59 Å². The topological polar surface area (TPSA) is 127 Å². The monoisotopic (exact) mass is 290 g/mol. The van der Waals surface area contributed by atoms with Gasteiger partial charge in [0.05, 0.1) is 4.90 Å². The van der Waals surface area contributed by atoms with E-state index >= 15 is 0 Å². The standard InChI is InChI=1S/C10H11FN2O5S/c11-19(17,18)7-3-1-6(2-4-7)9(14)13-5-8(12)10(15)16/h1-4,8H,5,12H2,(H,13,14)(H,15,16). The quantitative estimate of drug-likeness (QED) is 0.627. The number of benzene rings is 1. The van der Waals surface area contributed by atoms with Gasteiger partial charge < -0.3 is 16.2 Å². The van der Waals surface area contributed by atoms with E-state index in [1.54, 1.807) is 0 Å². The van der Waals surface area contributed by atoms with Gasteiger partial charge in [-0.05, 0) is 24.3 Å². The van der Waals surface area contributed by atoms with Crippen molar-refractivity contribution >= 4 is 22.1 Å². The van der Waals surface area contributed by atoms with Crippen molar-refractivity contribution < 1.29 is 27.0 Å². The average molecular weight is 290 g/mol. The van der Waals surface area contributed by atoms with Gasteiger partial charge in [0.1, 0.15) is 6.04 Å². The smallest absolute Gasteiger partial charge is 0.332 e. The van der Waals surface area contributed by atoms with Crippen LogP contribution in [0.4, 0.5) is 3.89 Å². The normalized spacial score (nSPS) is 12.7. The third-order valence-electron chi connectivity index (χ3n) is 2.20. The number of hydrogen-bond acceptors (Lipinski definition) is 5. The van der Waals surface area contributed by atoms with Crippen molar-refractivity contribution in [2.45, 2.75) is 10.9 Å². The summed E-state index contributed by atoms with van der Waals surface area (Å²) in [6, 6.07) is 2.83. The molecular weight excluding hydrogens is 279 g/mol. The predicted octanol–water partition coefficient (Wildman–Crippen LogP) is -0.513. The molecule has 1 aromatic rings. The van der Waals surface area contributed by atoms with Gasteiger partial charge in [-0.15, -0.1) is 3.89 Å². The number of nitrogens with two attached hydrogens (primary N) is 1. The SMILES string of the molecule is NC(CNC(=O)c1ccc(S(=O)(=O)F)cc1)C(=O)O. The maximum absolute atomic E-state index is 12.6. The summed E-state index contributed by atoms with van der Waals surface area (Å²) >= 11 is 0. The molecule has 1 aromatic carbocycles. The van der Waals surface area contributed by atoms with Crippen LogP contribution < -0.4 is 11.1 Å². The van der Waals surface area contributed by atoms with Crippen LogP contribution in [0, 0.1) is 0 Å². The zero-order valence-corrected chi connectivity index (χ0v) is 10.4. The van der Waals surface area contributed by atoms with Gasteiger partial charge in [-0.2, -0.15) is 8.42 Å². The lowest BCUT2D eigenvalue weighted by molar-refractivity contribution is -0.138. The molecule has 0 saturated heterocycles. The van der Waals surface area contributed by atoms with Crippen molar-refractivity contribution in [3.63, 3.8) is 0 Å². The van der Waals surface area contributed by atoms with Crippen LogP contribution >= 0.6 is 0 Å². The van der Waals surface area contributed by atoms with E-state index in [1.807, 2.05) is 0 Å². The zero-order valence-electron chi connectivity index (χ0n) is 9.54. The molecule has 0 radical (unpaired) electrons. The molecule has 0 aromatic heterocycles. The average Bonchev–Trinajstić information content (AvgIpc) is 2.34. The van der Waals surface area contributed by atoms with E-state index in [1.165, 1.54) is 0 Å². The molecular formula is C10H11FN2O5S. The lowest BCUT2D eigenvalue weighted by Crippen LogP contribution is -2.42. The molecule has 9 heteroatoms. The number of nitrogens with one attached hydrogen (secondary N) is 1. The number of hydrogen-bond donors (Lipinski definition) is 3. The zero-order chi connectivity index (χ0) is 14.6. The first-order chi connectivity index (χ1) is 8.71. The van der Waals surface area contributed by atoms with Crippen LogP contribution in [-0.2, 0) is 15.0 Å². The van der Waals surface area contributed by atoms with Crippen LogP contribution in [0.3, 0.4) is 0 Å². The Labute approximate surface area is 108 Å². The van der Waals surface area contributed by atoms with Crippen molar-refractivity contribution in [1.82, 2.24) is 5.32 Å². The molecule has 1 amide bonds. The first-order valence-electron chi connectivity index (χ1n) is 5.03. The van der Waals surface area contributed by atoms with Crippen molar-refractivity contribution in [2.24, 2.45) is 5.73 Å². The second-order valence-corrected chi connectivity index (χ2v) is 4.96. The first-order valence-corrected chi connectivity index (χ1v) is 6.41. The fourth-order valence-corrected chi connectivity index (χ4v) is 1.62. The highest BCUT2D eigenvalue weighted by Gasteiger charge is 2.15. The van der Waals surface area contributed by atoms with Crippen molar-refractivity contribution in [2.75, 3.05) is 6.54 Å². The molecule has 4 N–H and O–H groups in total. The number of carbonyl (C=O) groups is 2. The number of carboxylic acids is 1. The number of aliphatic carboxylic acids is 1. The van der Waals surface area contributed by atoms with Crippen LogP contribution in [0.2, 0.25) is 0 Å². The molecule has 0 heterocycles. The fraction of sp³-hybridized carbons (Fsp3) is 0.200. The molecule has 1 rings (SSSR count). The van der Waals surface area contributed by atoms with Crippen LogP contribution in [0.1, 0.15) is 10.4 Å². The van der Waals surface area contributed by atoms with E-state index in [0.29, 0.717) is 0 Å². The molecule has 0 spiro atoms. The van der Waals surface area contributed by atoms with Crippen molar-refractivity contribution in [1.29, 1.82) is 0 Å². The summed E-state index contributed by atoms with van der Waals surface area (Å²) in [5.74, 6) is -1.90. The summed E-state index contributed by atoms with van der Waals surface area (Å²) in [4.78, 5) is 21.4. The van der Waals surface area contributed by atoms with Gasteiger partial charge in [0.25, 0.3) is 5.91 Å². The highest BCUT2D eigenvalue weighted by Crippen LogP contribution is 2.12. The highest BCUT2D eigenvalue weighted by atomic mass is 32.3. The van der Waals surface area contributed by atoms with Crippen LogP contribution in [-0.4, -0.2) is 38.0 Å². The van der Waals surface area contributed by atoms with E-state index in [0.717, 1.165) is 24.3 Å². The van der Waals surface area contributed by atoms with Crippen molar-refractivity contribution in [3.8, 4) is 0 Å². The number of rotatable bonds is 5. The van der Waals surface area contributed by atoms with Gasteiger partial charge >= 0.3 is 16.2 Å². The van der Waals surface area contributed by atoms with Gasteiger partial charge in [0, 0.05) is 12.1 Å². The summed E-state index contributed by atoms with van der Waals surface area (Å²) < 4.78 is 33.7. The van der Waals surface area contributed by atoms with E-state index < -0.39 is 33.0 Å². The summed E-state index contributed by atoms with van der Waals surface area (Å²) in [7, 11) is -4.81. The lowest BCUT2D eigenvalue weighted by Gasteiger charge is -2.08. The second-order valence-electron chi connectivity index (χ2n) is 3.62. The summed E-state index contributed by atoms with van der Waals surface area (Å²) in [5, 5.41) is 10.8. The van der Waals surface area contributed by atoms with E-state index in [-0.39, 0.29) is 12.1 Å². The Bertz CT molecular complexity index is 584. The van der Waals surface area contributed by atoms with Gasteiger partial charge in [0.15, 0.2) is 0 Å². The van der Waals surface area contributed by atoms with Crippen LogP contribution in [0.15, 0.2) is 29.2 Å². The molecule has 0 saturated carbocycles. The number of amides is 1. The summed E-state index contributed by atoms with van der Waals surface area (Å²) in [5.41, 5.74) is 5.24. The molecule has 1 unspecified atom stereocenters. The van der Waals surface area contributed by atoms with Crippen molar-refractivity contribution in [3.05, 3.63) is 29.8 Å². The second kappa shape index (κ2) is 5.76. The Morgan fingerprint density at radius 1 is 1.32 bits per heavy atom. The van der Waals surface area contributed by atoms with E-state index in [4.69, 9.17) is 10.8 Å². The van der Waals surface area contributed by atoms with Gasteiger partial charge in [0.2, 0.25) is 0 Å².